The fraction of sp³-hybridized carbons (Fsp3) is 0.0400. The van der Waals surface area contributed by atoms with Crippen LogP contribution in [0.5, 0.6) is 0 Å². The number of halogens is 2. The average molecular weight is 566 g/mol. The van der Waals surface area contributed by atoms with Crippen molar-refractivity contribution in [2.75, 3.05) is 6.26 Å². The van der Waals surface area contributed by atoms with Crippen LogP contribution < -0.4 is 0 Å². The number of thioether (sulfide) groups is 1. The second-order valence-electron chi connectivity index (χ2n) is 7.21. The van der Waals surface area contributed by atoms with E-state index >= 15 is 0 Å². The Morgan fingerprint density at radius 3 is 1.91 bits per heavy atom. The maximum absolute atomic E-state index is 5.02. The number of aromatic amines is 2. The Morgan fingerprint density at radius 2 is 1.28 bits per heavy atom. The molecule has 0 aliphatic rings. The Labute approximate surface area is 207 Å². The van der Waals surface area contributed by atoms with Gasteiger partial charge < -0.3 is 4.98 Å². The molecule has 0 amide bonds. The van der Waals surface area contributed by atoms with Crippen LogP contribution in [-0.4, -0.2) is 26.4 Å². The smallest absolute Gasteiger partial charge is 0.142 e. The summed E-state index contributed by atoms with van der Waals surface area (Å²) in [5.74, 6) is 0.776. The van der Waals surface area contributed by atoms with Crippen LogP contribution >= 0.6 is 43.6 Å². The van der Waals surface area contributed by atoms with Crippen molar-refractivity contribution in [3.05, 3.63) is 87.9 Å². The summed E-state index contributed by atoms with van der Waals surface area (Å²) in [6.45, 7) is 0. The normalized spacial score (nSPS) is 11.1. The summed E-state index contributed by atoms with van der Waals surface area (Å²) in [6, 6.07) is 24.9. The van der Waals surface area contributed by atoms with Gasteiger partial charge in [-0.2, -0.15) is 5.10 Å². The summed E-state index contributed by atoms with van der Waals surface area (Å²) in [4.78, 5) is 9.81. The van der Waals surface area contributed by atoms with Gasteiger partial charge in [-0.25, -0.2) is 4.98 Å². The molecule has 7 heteroatoms. The maximum atomic E-state index is 5.02. The summed E-state index contributed by atoms with van der Waals surface area (Å²) < 4.78 is 2.07. The summed E-state index contributed by atoms with van der Waals surface area (Å²) in [6.07, 6.45) is 3.90. The minimum Gasteiger partial charge on any atom is -0.337 e. The lowest BCUT2D eigenvalue weighted by atomic mass is 10.1. The van der Waals surface area contributed by atoms with Crippen molar-refractivity contribution in [2.45, 2.75) is 4.90 Å². The van der Waals surface area contributed by atoms with Gasteiger partial charge in [0, 0.05) is 30.5 Å². The van der Waals surface area contributed by atoms with Crippen molar-refractivity contribution < 1.29 is 0 Å². The SMILES string of the molecule is CSc1ccc(-c2[nH]ncc2-c2nc(-c3ccc(Br)cc3)c(-c3ccc(Br)cc3)[nH]2)cc1. The van der Waals surface area contributed by atoms with Crippen LogP contribution in [0.15, 0.2) is 92.8 Å². The largest absolute Gasteiger partial charge is 0.337 e. The molecule has 0 unspecified atom stereocenters. The molecule has 0 aliphatic carbocycles. The van der Waals surface area contributed by atoms with E-state index in [1.807, 2.05) is 30.5 Å². The van der Waals surface area contributed by atoms with E-state index < -0.39 is 0 Å². The Bertz CT molecular complexity index is 1290. The molecule has 0 saturated carbocycles. The third kappa shape index (κ3) is 4.20. The Balaban J connectivity index is 1.64. The molecule has 2 heterocycles. The van der Waals surface area contributed by atoms with E-state index in [-0.39, 0.29) is 0 Å². The predicted octanol–water partition coefficient (Wildman–Crippen LogP) is 8.05. The van der Waals surface area contributed by atoms with Crippen LogP contribution in [0, 0.1) is 0 Å². The standard InChI is InChI=1S/C25H18Br2N4S/c1-32-20-12-6-15(7-13-20)22-21(14-28-31-22)25-29-23(16-2-8-18(26)9-3-16)24(30-25)17-4-10-19(27)11-5-17/h2-14H,1H3,(H,28,31)(H,29,30). The number of nitrogens with one attached hydrogen (secondary N) is 2. The minimum atomic E-state index is 0.776. The van der Waals surface area contributed by atoms with E-state index in [0.717, 1.165) is 54.1 Å². The van der Waals surface area contributed by atoms with Gasteiger partial charge in [-0.1, -0.05) is 68.3 Å². The summed E-state index contributed by atoms with van der Waals surface area (Å²) >= 11 is 8.78. The second kappa shape index (κ2) is 9.10. The monoisotopic (exact) mass is 564 g/mol. The predicted molar refractivity (Wildman–Crippen MR) is 140 cm³/mol. The molecule has 0 aliphatic heterocycles. The molecule has 4 nitrogen and oxygen atoms in total. The number of aromatic nitrogens is 4. The molecule has 0 spiro atoms. The number of benzene rings is 3. The van der Waals surface area contributed by atoms with Crippen LogP contribution in [0.2, 0.25) is 0 Å². The number of hydrogen-bond acceptors (Lipinski definition) is 3. The van der Waals surface area contributed by atoms with E-state index in [9.17, 15) is 0 Å². The lowest BCUT2D eigenvalue weighted by Crippen LogP contribution is -1.85. The van der Waals surface area contributed by atoms with Gasteiger partial charge in [0.25, 0.3) is 0 Å². The molecule has 32 heavy (non-hydrogen) atoms. The van der Waals surface area contributed by atoms with E-state index in [4.69, 9.17) is 4.98 Å². The molecular weight excluding hydrogens is 548 g/mol. The van der Waals surface area contributed by atoms with Crippen molar-refractivity contribution >= 4 is 43.6 Å². The van der Waals surface area contributed by atoms with Gasteiger partial charge in [-0.3, -0.25) is 5.10 Å². The summed E-state index contributed by atoms with van der Waals surface area (Å²) in [5.41, 5.74) is 6.93. The van der Waals surface area contributed by atoms with E-state index in [0.29, 0.717) is 0 Å². The van der Waals surface area contributed by atoms with E-state index in [1.54, 1.807) is 11.8 Å². The van der Waals surface area contributed by atoms with Gasteiger partial charge in [0.2, 0.25) is 0 Å². The van der Waals surface area contributed by atoms with Gasteiger partial charge >= 0.3 is 0 Å². The molecule has 5 aromatic rings. The average Bonchev–Trinajstić information content (AvgIpc) is 3.48. The lowest BCUT2D eigenvalue weighted by Gasteiger charge is -2.04. The molecule has 3 aromatic carbocycles. The van der Waals surface area contributed by atoms with E-state index in [2.05, 4.69) is 102 Å². The molecule has 0 radical (unpaired) electrons. The molecule has 2 aromatic heterocycles. The van der Waals surface area contributed by atoms with Gasteiger partial charge in [-0.05, 0) is 42.7 Å². The fourth-order valence-electron chi connectivity index (χ4n) is 3.59. The minimum absolute atomic E-state index is 0.776. The molecule has 0 fully saturated rings. The highest BCUT2D eigenvalue weighted by molar-refractivity contribution is 9.10. The third-order valence-corrected chi connectivity index (χ3v) is 7.03. The first-order chi connectivity index (χ1) is 15.6. The highest BCUT2D eigenvalue weighted by atomic mass is 79.9. The summed E-state index contributed by atoms with van der Waals surface area (Å²) in [5, 5.41) is 7.47. The molecule has 158 valence electrons. The fourth-order valence-corrected chi connectivity index (χ4v) is 4.52. The Kier molecular flexibility index (Phi) is 6.04. The topological polar surface area (TPSA) is 57.4 Å². The van der Waals surface area contributed by atoms with Crippen LogP contribution in [0.4, 0.5) is 0 Å². The number of nitrogens with zero attached hydrogens (tertiary/aromatic N) is 2. The molecule has 0 saturated heterocycles. The first kappa shape index (κ1) is 21.2. The third-order valence-electron chi connectivity index (χ3n) is 5.23. The van der Waals surface area contributed by atoms with Crippen LogP contribution in [-0.2, 0) is 0 Å². The summed E-state index contributed by atoms with van der Waals surface area (Å²) in [7, 11) is 0. The van der Waals surface area contributed by atoms with Crippen LogP contribution in [0.1, 0.15) is 0 Å². The molecule has 0 atom stereocenters. The molecule has 0 bridgehead atoms. The van der Waals surface area contributed by atoms with Crippen molar-refractivity contribution in [3.63, 3.8) is 0 Å². The van der Waals surface area contributed by atoms with Gasteiger partial charge in [0.1, 0.15) is 5.82 Å². The Hall–Kier alpha value is -2.61. The number of hydrogen-bond donors (Lipinski definition) is 2. The quantitative estimate of drug-likeness (QED) is 0.212. The highest BCUT2D eigenvalue weighted by Gasteiger charge is 2.19. The maximum Gasteiger partial charge on any atom is 0.142 e. The van der Waals surface area contributed by atoms with E-state index in [1.165, 1.54) is 4.90 Å². The van der Waals surface area contributed by atoms with Gasteiger partial charge in [-0.15, -0.1) is 11.8 Å². The first-order valence-corrected chi connectivity index (χ1v) is 12.7. The van der Waals surface area contributed by atoms with Crippen molar-refractivity contribution in [1.29, 1.82) is 0 Å². The first-order valence-electron chi connectivity index (χ1n) is 9.92. The van der Waals surface area contributed by atoms with Crippen molar-refractivity contribution in [1.82, 2.24) is 20.2 Å². The van der Waals surface area contributed by atoms with Crippen molar-refractivity contribution in [2.24, 2.45) is 0 Å². The molecule has 5 rings (SSSR count). The molecule has 2 N–H and O–H groups in total. The molecular formula is C25H18Br2N4S. The van der Waals surface area contributed by atoms with Gasteiger partial charge in [0.15, 0.2) is 0 Å². The second-order valence-corrected chi connectivity index (χ2v) is 9.92. The number of imidazole rings is 1. The van der Waals surface area contributed by atoms with Crippen molar-refractivity contribution in [3.8, 4) is 45.2 Å². The Morgan fingerprint density at radius 1 is 0.719 bits per heavy atom. The van der Waals surface area contributed by atoms with Gasteiger partial charge in [0.05, 0.1) is 28.8 Å². The lowest BCUT2D eigenvalue weighted by molar-refractivity contribution is 1.09. The van der Waals surface area contributed by atoms with Crippen LogP contribution in [0.25, 0.3) is 45.2 Å². The zero-order valence-electron chi connectivity index (χ0n) is 17.1. The number of rotatable bonds is 5. The van der Waals surface area contributed by atoms with Crippen LogP contribution in [0.3, 0.4) is 0 Å². The highest BCUT2D eigenvalue weighted by Crippen LogP contribution is 2.36. The number of H-pyrrole nitrogens is 2. The zero-order valence-corrected chi connectivity index (χ0v) is 21.1. The zero-order chi connectivity index (χ0) is 22.1.